The third-order valence-corrected chi connectivity index (χ3v) is 2.16. The van der Waals surface area contributed by atoms with Crippen LogP contribution in [0.4, 0.5) is 0 Å². The third-order valence-electron chi connectivity index (χ3n) is 2.16. The summed E-state index contributed by atoms with van der Waals surface area (Å²) in [6.07, 6.45) is 1.30. The molecule has 1 aromatic rings. The van der Waals surface area contributed by atoms with Gasteiger partial charge in [0, 0.05) is 19.0 Å². The van der Waals surface area contributed by atoms with E-state index >= 15 is 0 Å². The Labute approximate surface area is 104 Å². The monoisotopic (exact) mass is 253 g/mol. The molecule has 1 heterocycles. The lowest BCUT2D eigenvalue weighted by Gasteiger charge is -2.05. The van der Waals surface area contributed by atoms with Crippen LogP contribution in [0, 0.1) is 6.92 Å². The van der Waals surface area contributed by atoms with Crippen LogP contribution in [0.2, 0.25) is 0 Å². The number of carbonyl (C=O) groups is 2. The van der Waals surface area contributed by atoms with Gasteiger partial charge in [-0.05, 0) is 25.1 Å². The molecule has 0 spiro atoms. The van der Waals surface area contributed by atoms with E-state index in [0.29, 0.717) is 5.76 Å². The van der Waals surface area contributed by atoms with Gasteiger partial charge in [0.25, 0.3) is 0 Å². The van der Waals surface area contributed by atoms with E-state index in [1.54, 1.807) is 19.1 Å². The summed E-state index contributed by atoms with van der Waals surface area (Å²) in [6, 6.07) is 3.51. The van der Waals surface area contributed by atoms with E-state index in [0.717, 1.165) is 5.76 Å². The predicted molar refractivity (Wildman–Crippen MR) is 63.7 cm³/mol. The van der Waals surface area contributed by atoms with Gasteiger partial charge in [-0.25, -0.2) is 4.79 Å². The molecule has 0 bridgehead atoms. The second kappa shape index (κ2) is 6.61. The summed E-state index contributed by atoms with van der Waals surface area (Å²) in [5.74, 6) is -0.361. The highest BCUT2D eigenvalue weighted by Gasteiger charge is 2.12. The fraction of sp³-hybridized carbons (Fsp3) is 0.333. The minimum atomic E-state index is -1.46. The van der Waals surface area contributed by atoms with Crippen molar-refractivity contribution in [1.29, 1.82) is 0 Å². The van der Waals surface area contributed by atoms with Crippen molar-refractivity contribution in [1.82, 2.24) is 5.32 Å². The molecule has 0 aromatic carbocycles. The van der Waals surface area contributed by atoms with E-state index < -0.39 is 12.1 Å². The first-order valence-corrected chi connectivity index (χ1v) is 5.42. The van der Waals surface area contributed by atoms with Gasteiger partial charge in [0.2, 0.25) is 5.91 Å². The van der Waals surface area contributed by atoms with Crippen molar-refractivity contribution < 1.29 is 24.2 Å². The molecule has 0 radical (unpaired) electrons. The van der Waals surface area contributed by atoms with Crippen molar-refractivity contribution >= 4 is 18.0 Å². The number of hydrogen-bond donors (Lipinski definition) is 3. The fourth-order valence-corrected chi connectivity index (χ4v) is 1.22. The minimum absolute atomic E-state index is 0.0330. The van der Waals surface area contributed by atoms with Crippen LogP contribution in [0.3, 0.4) is 0 Å². The lowest BCUT2D eigenvalue weighted by atomic mass is 10.2. The Morgan fingerprint density at radius 2 is 2.22 bits per heavy atom. The highest BCUT2D eigenvalue weighted by atomic mass is 16.4. The van der Waals surface area contributed by atoms with E-state index in [4.69, 9.17) is 14.6 Å². The average molecular weight is 253 g/mol. The topological polar surface area (TPSA) is 99.8 Å². The largest absolute Gasteiger partial charge is 0.479 e. The smallest absolute Gasteiger partial charge is 0.332 e. The molecule has 3 N–H and O–H groups in total. The molecule has 0 unspecified atom stereocenters. The Balaban J connectivity index is 2.30. The van der Waals surface area contributed by atoms with E-state index in [-0.39, 0.29) is 18.9 Å². The van der Waals surface area contributed by atoms with E-state index in [2.05, 4.69) is 5.32 Å². The van der Waals surface area contributed by atoms with Gasteiger partial charge in [0.1, 0.15) is 11.5 Å². The number of carboxylic acid groups (broad SMARTS) is 1. The van der Waals surface area contributed by atoms with Gasteiger partial charge in [0.15, 0.2) is 6.10 Å². The average Bonchev–Trinajstić information content (AvgIpc) is 2.72. The lowest BCUT2D eigenvalue weighted by molar-refractivity contribution is -0.147. The van der Waals surface area contributed by atoms with Gasteiger partial charge < -0.3 is 19.9 Å². The van der Waals surface area contributed by atoms with Crippen LogP contribution in [-0.2, 0) is 9.59 Å². The molecule has 1 rings (SSSR count). The quantitative estimate of drug-likeness (QED) is 0.643. The predicted octanol–water partition coefficient (Wildman–Crippen LogP) is 0.553. The molecule has 0 aliphatic carbocycles. The van der Waals surface area contributed by atoms with Crippen LogP contribution in [-0.4, -0.2) is 34.7 Å². The van der Waals surface area contributed by atoms with Crippen molar-refractivity contribution in [2.45, 2.75) is 19.4 Å². The van der Waals surface area contributed by atoms with Gasteiger partial charge in [-0.1, -0.05) is 0 Å². The molecular weight excluding hydrogens is 238 g/mol. The van der Waals surface area contributed by atoms with Crippen LogP contribution in [0.1, 0.15) is 17.9 Å². The molecule has 98 valence electrons. The number of aliphatic carboxylic acids is 1. The standard InChI is InChI=1S/C12H15NO5/c1-8-2-3-9(18-8)4-5-11(15)13-7-6-10(14)12(16)17/h2-5,10,14H,6-7H2,1H3,(H,13,15)(H,16,17)/b5-4+/t10-/m0/s1. The van der Waals surface area contributed by atoms with Crippen molar-refractivity contribution in [3.63, 3.8) is 0 Å². The zero-order chi connectivity index (χ0) is 13.5. The first kappa shape index (κ1) is 14.0. The molecule has 0 saturated carbocycles. The molecule has 1 amide bonds. The van der Waals surface area contributed by atoms with Crippen LogP contribution in [0.15, 0.2) is 22.6 Å². The molecule has 0 aliphatic heterocycles. The molecule has 6 nitrogen and oxygen atoms in total. The van der Waals surface area contributed by atoms with Gasteiger partial charge in [-0.3, -0.25) is 4.79 Å². The van der Waals surface area contributed by atoms with E-state index in [1.165, 1.54) is 12.2 Å². The highest BCUT2D eigenvalue weighted by Crippen LogP contribution is 2.07. The maximum absolute atomic E-state index is 11.3. The molecule has 0 saturated heterocycles. The number of aliphatic hydroxyl groups is 1. The van der Waals surface area contributed by atoms with Gasteiger partial charge in [-0.2, -0.15) is 0 Å². The highest BCUT2D eigenvalue weighted by molar-refractivity contribution is 5.91. The molecule has 6 heteroatoms. The molecule has 18 heavy (non-hydrogen) atoms. The zero-order valence-corrected chi connectivity index (χ0v) is 9.92. The SMILES string of the molecule is Cc1ccc(/C=C/C(=O)NCC[C@H](O)C(=O)O)o1. The molecule has 1 atom stereocenters. The lowest BCUT2D eigenvalue weighted by Crippen LogP contribution is -2.28. The first-order valence-electron chi connectivity index (χ1n) is 5.42. The Morgan fingerprint density at radius 1 is 1.50 bits per heavy atom. The van der Waals surface area contributed by atoms with E-state index in [1.807, 2.05) is 0 Å². The number of carboxylic acids is 1. The van der Waals surface area contributed by atoms with Crippen molar-refractivity contribution in [3.8, 4) is 0 Å². The van der Waals surface area contributed by atoms with Gasteiger partial charge >= 0.3 is 5.97 Å². The number of hydrogen-bond acceptors (Lipinski definition) is 4. The molecular formula is C12H15NO5. The van der Waals surface area contributed by atoms with Crippen LogP contribution < -0.4 is 5.32 Å². The van der Waals surface area contributed by atoms with Crippen molar-refractivity contribution in [3.05, 3.63) is 29.7 Å². The number of aryl methyl sites for hydroxylation is 1. The first-order chi connectivity index (χ1) is 8.49. The van der Waals surface area contributed by atoms with Crippen LogP contribution in [0.5, 0.6) is 0 Å². The Kier molecular flexibility index (Phi) is 5.13. The van der Waals surface area contributed by atoms with Crippen LogP contribution >= 0.6 is 0 Å². The number of amides is 1. The summed E-state index contributed by atoms with van der Waals surface area (Å²) in [4.78, 5) is 21.6. The summed E-state index contributed by atoms with van der Waals surface area (Å²) in [7, 11) is 0. The van der Waals surface area contributed by atoms with Crippen LogP contribution in [0.25, 0.3) is 6.08 Å². The molecule has 0 aliphatic rings. The number of nitrogens with one attached hydrogen (secondary N) is 1. The second-order valence-corrected chi connectivity index (χ2v) is 3.72. The Hall–Kier alpha value is -2.08. The summed E-state index contributed by atoms with van der Waals surface area (Å²) < 4.78 is 5.22. The zero-order valence-electron chi connectivity index (χ0n) is 9.92. The number of rotatable bonds is 6. The van der Waals surface area contributed by atoms with Crippen molar-refractivity contribution in [2.24, 2.45) is 0 Å². The number of furan rings is 1. The second-order valence-electron chi connectivity index (χ2n) is 3.72. The fourth-order valence-electron chi connectivity index (χ4n) is 1.22. The number of carbonyl (C=O) groups excluding carboxylic acids is 1. The Bertz CT molecular complexity index is 449. The third kappa shape index (κ3) is 4.84. The Morgan fingerprint density at radius 3 is 2.78 bits per heavy atom. The number of aliphatic hydroxyl groups excluding tert-OH is 1. The maximum atomic E-state index is 11.3. The molecule has 0 fully saturated rings. The van der Waals surface area contributed by atoms with E-state index in [9.17, 15) is 9.59 Å². The summed E-state index contributed by atoms with van der Waals surface area (Å²) in [5.41, 5.74) is 0. The van der Waals surface area contributed by atoms with Gasteiger partial charge in [-0.15, -0.1) is 0 Å². The summed E-state index contributed by atoms with van der Waals surface area (Å²) in [6.45, 7) is 1.89. The maximum Gasteiger partial charge on any atom is 0.332 e. The summed E-state index contributed by atoms with van der Waals surface area (Å²) >= 11 is 0. The molecule has 1 aromatic heterocycles. The summed E-state index contributed by atoms with van der Waals surface area (Å²) in [5, 5.41) is 19.8. The minimum Gasteiger partial charge on any atom is -0.479 e. The van der Waals surface area contributed by atoms with Crippen molar-refractivity contribution in [2.75, 3.05) is 6.54 Å². The van der Waals surface area contributed by atoms with Gasteiger partial charge in [0.05, 0.1) is 0 Å². The normalized spacial score (nSPS) is 12.6.